The number of hydrogen-bond donors (Lipinski definition) is 4. The normalized spacial score (nSPS) is 11.0. The van der Waals surface area contributed by atoms with E-state index in [9.17, 15) is 4.79 Å². The van der Waals surface area contributed by atoms with Gasteiger partial charge in [0.15, 0.2) is 0 Å². The van der Waals surface area contributed by atoms with E-state index in [2.05, 4.69) is 6.92 Å². The van der Waals surface area contributed by atoms with E-state index in [1.807, 2.05) is 0 Å². The number of carboxylic acids is 1. The predicted molar refractivity (Wildman–Crippen MR) is 107 cm³/mol. The van der Waals surface area contributed by atoms with E-state index in [1.54, 1.807) is 6.08 Å². The molecule has 0 bridgehead atoms. The Hall–Kier alpha value is -0.910. The van der Waals surface area contributed by atoms with E-state index in [0.29, 0.717) is 0 Å². The lowest BCUT2D eigenvalue weighted by atomic mass is 10.0. The summed E-state index contributed by atoms with van der Waals surface area (Å²) in [6.45, 7) is 1.54. The first kappa shape index (κ1) is 27.3. The van der Waals surface area contributed by atoms with E-state index in [0.717, 1.165) is 12.8 Å². The van der Waals surface area contributed by atoms with Crippen molar-refractivity contribution in [3.05, 3.63) is 12.2 Å². The second kappa shape index (κ2) is 24.1. The maximum atomic E-state index is 10.2. The maximum Gasteiger partial charge on any atom is 0.327 e. The Morgan fingerprint density at radius 3 is 1.46 bits per heavy atom. The second-order valence-electron chi connectivity index (χ2n) is 6.79. The molecule has 0 aliphatic carbocycles. The number of aliphatic hydroxyl groups excluding tert-OH is 3. The first-order valence-corrected chi connectivity index (χ1v) is 10.4. The smallest absolute Gasteiger partial charge is 0.327 e. The molecule has 0 atom stereocenters. The molecule has 26 heavy (non-hydrogen) atoms. The van der Waals surface area contributed by atoms with Gasteiger partial charge in [0.2, 0.25) is 0 Å². The van der Waals surface area contributed by atoms with Crippen molar-refractivity contribution in [2.75, 3.05) is 13.2 Å². The molecule has 4 N–H and O–H groups in total. The largest absolute Gasteiger partial charge is 0.478 e. The van der Waals surface area contributed by atoms with Gasteiger partial charge in [-0.2, -0.15) is 0 Å². The van der Waals surface area contributed by atoms with Gasteiger partial charge in [-0.25, -0.2) is 4.79 Å². The molecule has 0 rings (SSSR count). The van der Waals surface area contributed by atoms with Gasteiger partial charge >= 0.3 is 5.97 Å². The quantitative estimate of drug-likeness (QED) is 0.223. The minimum atomic E-state index is -0.954. The van der Waals surface area contributed by atoms with Crippen molar-refractivity contribution in [3.63, 3.8) is 0 Å². The molecule has 0 radical (unpaired) electrons. The number of hydrogen-bond acceptors (Lipinski definition) is 4. The Kier molecular flexibility index (Phi) is 25.3. The maximum absolute atomic E-state index is 10.2. The van der Waals surface area contributed by atoms with E-state index in [1.165, 1.54) is 83.1 Å². The Morgan fingerprint density at radius 2 is 1.15 bits per heavy atom. The minimum absolute atomic E-state index is 0.365. The summed E-state index contributed by atoms with van der Waals surface area (Å²) in [5.74, 6) is -0.834. The summed E-state index contributed by atoms with van der Waals surface area (Å²) in [5.41, 5.74) is 0. The molecule has 0 amide bonds. The van der Waals surface area contributed by atoms with E-state index < -0.39 is 12.1 Å². The Balaban J connectivity index is 0. The summed E-state index contributed by atoms with van der Waals surface area (Å²) in [4.78, 5) is 10.2. The molecule has 0 fully saturated rings. The third-order valence-electron chi connectivity index (χ3n) is 4.16. The highest BCUT2D eigenvalue weighted by Crippen LogP contribution is 2.12. The summed E-state index contributed by atoms with van der Waals surface area (Å²) in [6, 6.07) is 0. The molecule has 0 aliphatic rings. The fraction of sp³-hybridized carbons (Fsp3) is 0.857. The Morgan fingerprint density at radius 1 is 0.769 bits per heavy atom. The van der Waals surface area contributed by atoms with E-state index in [4.69, 9.17) is 20.4 Å². The van der Waals surface area contributed by atoms with Crippen LogP contribution in [0.2, 0.25) is 0 Å². The fourth-order valence-corrected chi connectivity index (χ4v) is 2.52. The van der Waals surface area contributed by atoms with Crippen LogP contribution in [0.4, 0.5) is 0 Å². The van der Waals surface area contributed by atoms with Crippen LogP contribution in [0, 0.1) is 0 Å². The molecule has 156 valence electrons. The van der Waals surface area contributed by atoms with Gasteiger partial charge in [-0.15, -0.1) is 0 Å². The van der Waals surface area contributed by atoms with Gasteiger partial charge in [-0.1, -0.05) is 90.0 Å². The monoisotopic (exact) mass is 374 g/mol. The molecule has 0 saturated carbocycles. The van der Waals surface area contributed by atoms with Crippen LogP contribution in [0.1, 0.15) is 96.8 Å². The van der Waals surface area contributed by atoms with Gasteiger partial charge in [0.05, 0.1) is 13.2 Å². The topological polar surface area (TPSA) is 98.0 Å². The summed E-state index contributed by atoms with van der Waals surface area (Å²) in [6.07, 6.45) is 20.6. The van der Waals surface area contributed by atoms with Crippen molar-refractivity contribution in [2.45, 2.75) is 103 Å². The highest BCUT2D eigenvalue weighted by Gasteiger charge is 1.94. The van der Waals surface area contributed by atoms with Crippen molar-refractivity contribution in [2.24, 2.45) is 0 Å². The zero-order valence-electron chi connectivity index (χ0n) is 16.7. The number of aliphatic hydroxyl groups is 3. The zero-order valence-corrected chi connectivity index (χ0v) is 16.7. The summed E-state index contributed by atoms with van der Waals surface area (Å²) >= 11 is 0. The summed E-state index contributed by atoms with van der Waals surface area (Å²) < 4.78 is 0. The predicted octanol–water partition coefficient (Wildman–Crippen LogP) is 4.44. The first-order chi connectivity index (χ1) is 12.6. The van der Waals surface area contributed by atoms with Crippen LogP contribution >= 0.6 is 0 Å². The van der Waals surface area contributed by atoms with Crippen LogP contribution in [0.5, 0.6) is 0 Å². The number of allylic oxidation sites excluding steroid dienone is 1. The standard InChI is InChI=1S/C18H34O2.C3H8O3/c1-2-3-4-5-6-7-8-9-10-11-12-13-14-15-16-17-18(19)20;4-1-3(6)2-5/h16-17H,2-15H2,1H3,(H,19,20);3-6H,1-2H2/b17-16+;. The van der Waals surface area contributed by atoms with Gasteiger partial charge in [0, 0.05) is 6.08 Å². The highest BCUT2D eigenvalue weighted by atomic mass is 16.4. The summed E-state index contributed by atoms with van der Waals surface area (Å²) in [5, 5.41) is 32.4. The lowest BCUT2D eigenvalue weighted by Gasteiger charge is -2.02. The fourth-order valence-electron chi connectivity index (χ4n) is 2.52. The molecule has 0 heterocycles. The molecule has 0 aliphatic heterocycles. The van der Waals surface area contributed by atoms with Crippen LogP contribution in [0.15, 0.2) is 12.2 Å². The number of carbonyl (C=O) groups is 1. The molecular weight excluding hydrogens is 332 g/mol. The first-order valence-electron chi connectivity index (χ1n) is 10.4. The van der Waals surface area contributed by atoms with Crippen LogP contribution in [0.25, 0.3) is 0 Å². The zero-order chi connectivity index (χ0) is 19.9. The second-order valence-corrected chi connectivity index (χ2v) is 6.79. The number of aliphatic carboxylic acids is 1. The molecule has 0 unspecified atom stereocenters. The number of carboxylic acid groups (broad SMARTS) is 1. The van der Waals surface area contributed by atoms with Crippen molar-refractivity contribution < 1.29 is 25.2 Å². The van der Waals surface area contributed by atoms with Gasteiger partial charge in [-0.05, 0) is 12.8 Å². The van der Waals surface area contributed by atoms with Crippen LogP contribution < -0.4 is 0 Å². The third kappa shape index (κ3) is 27.9. The van der Waals surface area contributed by atoms with Gasteiger partial charge < -0.3 is 20.4 Å². The van der Waals surface area contributed by atoms with Gasteiger partial charge in [0.1, 0.15) is 6.10 Å². The molecule has 0 aromatic heterocycles. The number of rotatable bonds is 17. The van der Waals surface area contributed by atoms with Crippen LogP contribution in [-0.2, 0) is 4.79 Å². The Labute approximate surface area is 160 Å². The Bertz CT molecular complexity index is 301. The molecule has 0 saturated heterocycles. The average molecular weight is 375 g/mol. The van der Waals surface area contributed by atoms with E-state index in [-0.39, 0.29) is 13.2 Å². The van der Waals surface area contributed by atoms with Crippen molar-refractivity contribution >= 4 is 5.97 Å². The molecule has 5 nitrogen and oxygen atoms in total. The third-order valence-corrected chi connectivity index (χ3v) is 4.16. The van der Waals surface area contributed by atoms with Gasteiger partial charge in [0.25, 0.3) is 0 Å². The van der Waals surface area contributed by atoms with Crippen LogP contribution in [0.3, 0.4) is 0 Å². The summed E-state index contributed by atoms with van der Waals surface area (Å²) in [7, 11) is 0. The highest BCUT2D eigenvalue weighted by molar-refractivity contribution is 5.79. The minimum Gasteiger partial charge on any atom is -0.478 e. The van der Waals surface area contributed by atoms with Crippen molar-refractivity contribution in [1.82, 2.24) is 0 Å². The van der Waals surface area contributed by atoms with Crippen molar-refractivity contribution in [1.29, 1.82) is 0 Å². The SMILES string of the molecule is CCCCCCCCCCCCCCC/C=C/C(=O)O.OCC(O)CO. The molecule has 5 heteroatoms. The lowest BCUT2D eigenvalue weighted by Crippen LogP contribution is -2.15. The molecule has 0 aromatic carbocycles. The van der Waals surface area contributed by atoms with Crippen LogP contribution in [-0.4, -0.2) is 45.7 Å². The molecule has 0 spiro atoms. The van der Waals surface area contributed by atoms with E-state index >= 15 is 0 Å². The number of unbranched alkanes of at least 4 members (excludes halogenated alkanes) is 13. The average Bonchev–Trinajstić information content (AvgIpc) is 2.64. The molecule has 0 aromatic rings. The lowest BCUT2D eigenvalue weighted by molar-refractivity contribution is -0.131. The molecular formula is C21H42O5. The van der Waals surface area contributed by atoms with Crippen molar-refractivity contribution in [3.8, 4) is 0 Å². The van der Waals surface area contributed by atoms with Gasteiger partial charge in [-0.3, -0.25) is 0 Å².